The number of carbonyl (C=O) groups excluding carboxylic acids is 1. The number of rotatable bonds is 3. The molecule has 0 saturated heterocycles. The molecule has 1 aromatic carbocycles. The van der Waals surface area contributed by atoms with Crippen molar-refractivity contribution in [2.45, 2.75) is 0 Å². The fraction of sp³-hybridized carbons (Fsp3) is 0.0833. The number of nitrogens with one attached hydrogen (secondary N) is 1. The Labute approximate surface area is 113 Å². The monoisotopic (exact) mass is 306 g/mol. The van der Waals surface area contributed by atoms with Crippen LogP contribution >= 0.6 is 15.9 Å². The Hall–Kier alpha value is -1.95. The average molecular weight is 307 g/mol. The minimum Gasteiger partial charge on any atom is -0.267 e. The van der Waals surface area contributed by atoms with Crippen LogP contribution in [0.2, 0.25) is 0 Å². The van der Waals surface area contributed by atoms with E-state index in [0.29, 0.717) is 5.56 Å². The van der Waals surface area contributed by atoms with Crippen LogP contribution in [0, 0.1) is 0 Å². The summed E-state index contributed by atoms with van der Waals surface area (Å²) >= 11 is 3.31. The molecule has 6 heteroatoms. The number of aryl methyl sites for hydroxylation is 1. The largest absolute Gasteiger partial charge is 0.271 e. The molecular formula is C12H11BrN4O. The molecule has 0 spiro atoms. The van der Waals surface area contributed by atoms with Crippen molar-refractivity contribution in [1.82, 2.24) is 15.2 Å². The van der Waals surface area contributed by atoms with Crippen LogP contribution in [0.3, 0.4) is 0 Å². The van der Waals surface area contributed by atoms with Gasteiger partial charge in [0.1, 0.15) is 0 Å². The second kappa shape index (κ2) is 5.59. The van der Waals surface area contributed by atoms with E-state index in [0.717, 1.165) is 10.2 Å². The van der Waals surface area contributed by atoms with Gasteiger partial charge < -0.3 is 0 Å². The maximum atomic E-state index is 11.7. The Morgan fingerprint density at radius 1 is 1.50 bits per heavy atom. The van der Waals surface area contributed by atoms with Gasteiger partial charge in [-0.25, -0.2) is 5.43 Å². The van der Waals surface area contributed by atoms with Gasteiger partial charge in [-0.1, -0.05) is 22.0 Å². The highest BCUT2D eigenvalue weighted by molar-refractivity contribution is 9.10. The van der Waals surface area contributed by atoms with Gasteiger partial charge in [0, 0.05) is 23.3 Å². The third-order valence-electron chi connectivity index (χ3n) is 2.31. The van der Waals surface area contributed by atoms with Crippen LogP contribution in [0.4, 0.5) is 0 Å². The average Bonchev–Trinajstić information content (AvgIpc) is 2.75. The van der Waals surface area contributed by atoms with Gasteiger partial charge in [-0.3, -0.25) is 9.48 Å². The summed E-state index contributed by atoms with van der Waals surface area (Å²) < 4.78 is 2.51. The Balaban J connectivity index is 2.01. The molecule has 0 aliphatic heterocycles. The lowest BCUT2D eigenvalue weighted by Gasteiger charge is -2.00. The summed E-state index contributed by atoms with van der Waals surface area (Å²) in [6.07, 6.45) is 3.21. The van der Waals surface area contributed by atoms with E-state index in [4.69, 9.17) is 0 Å². The molecular weight excluding hydrogens is 296 g/mol. The van der Waals surface area contributed by atoms with Crippen LogP contribution in [-0.2, 0) is 7.05 Å². The minimum absolute atomic E-state index is 0.255. The number of hydrazone groups is 1. The minimum atomic E-state index is -0.255. The number of carbonyl (C=O) groups is 1. The van der Waals surface area contributed by atoms with E-state index < -0.39 is 0 Å². The summed E-state index contributed by atoms with van der Waals surface area (Å²) in [4.78, 5) is 11.7. The number of amides is 1. The smallest absolute Gasteiger partial charge is 0.267 e. The SMILES string of the molecule is Cn1nccc1/C=N/NC(=O)c1cccc(Br)c1. The molecule has 1 amide bonds. The molecule has 0 radical (unpaired) electrons. The highest BCUT2D eigenvalue weighted by Gasteiger charge is 2.03. The molecule has 0 aliphatic carbocycles. The first-order valence-electron chi connectivity index (χ1n) is 5.24. The molecule has 0 atom stereocenters. The normalized spacial score (nSPS) is 10.8. The van der Waals surface area contributed by atoms with Crippen molar-refractivity contribution in [3.05, 3.63) is 52.3 Å². The molecule has 1 heterocycles. The molecule has 1 aromatic heterocycles. The van der Waals surface area contributed by atoms with E-state index in [1.165, 1.54) is 0 Å². The zero-order valence-corrected chi connectivity index (χ0v) is 11.3. The lowest BCUT2D eigenvalue weighted by Crippen LogP contribution is -2.17. The highest BCUT2D eigenvalue weighted by atomic mass is 79.9. The number of aromatic nitrogens is 2. The first kappa shape index (κ1) is 12.5. The van der Waals surface area contributed by atoms with Crippen molar-refractivity contribution in [1.29, 1.82) is 0 Å². The molecule has 2 aromatic rings. The fourth-order valence-corrected chi connectivity index (χ4v) is 1.76. The van der Waals surface area contributed by atoms with Crippen LogP contribution in [0.25, 0.3) is 0 Å². The third-order valence-corrected chi connectivity index (χ3v) is 2.80. The zero-order chi connectivity index (χ0) is 13.0. The molecule has 0 unspecified atom stereocenters. The van der Waals surface area contributed by atoms with E-state index >= 15 is 0 Å². The van der Waals surface area contributed by atoms with Gasteiger partial charge in [0.2, 0.25) is 0 Å². The van der Waals surface area contributed by atoms with Gasteiger partial charge in [-0.2, -0.15) is 10.2 Å². The zero-order valence-electron chi connectivity index (χ0n) is 9.67. The van der Waals surface area contributed by atoms with Crippen molar-refractivity contribution in [3.8, 4) is 0 Å². The molecule has 18 heavy (non-hydrogen) atoms. The van der Waals surface area contributed by atoms with Crippen molar-refractivity contribution in [2.75, 3.05) is 0 Å². The van der Waals surface area contributed by atoms with Gasteiger partial charge in [-0.15, -0.1) is 0 Å². The molecule has 0 bridgehead atoms. The molecule has 5 nitrogen and oxygen atoms in total. The van der Waals surface area contributed by atoms with Gasteiger partial charge in [0.05, 0.1) is 11.9 Å². The summed E-state index contributed by atoms with van der Waals surface area (Å²) in [5.74, 6) is -0.255. The molecule has 0 aliphatic rings. The van der Waals surface area contributed by atoms with Gasteiger partial charge in [0.25, 0.3) is 5.91 Å². The maximum absolute atomic E-state index is 11.7. The van der Waals surface area contributed by atoms with Crippen LogP contribution < -0.4 is 5.43 Å². The van der Waals surface area contributed by atoms with Gasteiger partial charge >= 0.3 is 0 Å². The lowest BCUT2D eigenvalue weighted by molar-refractivity contribution is 0.0955. The number of halogens is 1. The van der Waals surface area contributed by atoms with Gasteiger partial charge in [-0.05, 0) is 24.3 Å². The van der Waals surface area contributed by atoms with Crippen LogP contribution in [-0.4, -0.2) is 21.9 Å². The second-order valence-electron chi connectivity index (χ2n) is 3.59. The maximum Gasteiger partial charge on any atom is 0.271 e. The second-order valence-corrected chi connectivity index (χ2v) is 4.50. The van der Waals surface area contributed by atoms with E-state index in [1.807, 2.05) is 6.07 Å². The Bertz CT molecular complexity index is 591. The molecule has 0 fully saturated rings. The number of hydrogen-bond acceptors (Lipinski definition) is 3. The van der Waals surface area contributed by atoms with Crippen molar-refractivity contribution in [3.63, 3.8) is 0 Å². The van der Waals surface area contributed by atoms with E-state index in [1.54, 1.807) is 48.4 Å². The first-order valence-corrected chi connectivity index (χ1v) is 6.03. The predicted octanol–water partition coefficient (Wildman–Crippen LogP) is 1.95. The van der Waals surface area contributed by atoms with Crippen LogP contribution in [0.1, 0.15) is 16.1 Å². The summed E-state index contributed by atoms with van der Waals surface area (Å²) in [5.41, 5.74) is 3.82. The number of hydrogen-bond donors (Lipinski definition) is 1. The van der Waals surface area contributed by atoms with Crippen molar-refractivity contribution >= 4 is 28.1 Å². The molecule has 92 valence electrons. The van der Waals surface area contributed by atoms with Crippen molar-refractivity contribution < 1.29 is 4.79 Å². The quantitative estimate of drug-likeness (QED) is 0.696. The molecule has 1 N–H and O–H groups in total. The summed E-state index contributed by atoms with van der Waals surface area (Å²) in [5, 5.41) is 7.87. The summed E-state index contributed by atoms with van der Waals surface area (Å²) in [6.45, 7) is 0. The van der Waals surface area contributed by atoms with Crippen LogP contribution in [0.5, 0.6) is 0 Å². The highest BCUT2D eigenvalue weighted by Crippen LogP contribution is 2.11. The summed E-state index contributed by atoms with van der Waals surface area (Å²) in [6, 6.07) is 8.91. The standard InChI is InChI=1S/C12H11BrN4O/c1-17-11(5-6-15-17)8-14-16-12(18)9-3-2-4-10(13)7-9/h2-8H,1H3,(H,16,18)/b14-8+. The molecule has 2 rings (SSSR count). The van der Waals surface area contributed by atoms with E-state index in [-0.39, 0.29) is 5.91 Å². The Morgan fingerprint density at radius 3 is 3.00 bits per heavy atom. The summed E-state index contributed by atoms with van der Waals surface area (Å²) in [7, 11) is 1.80. The lowest BCUT2D eigenvalue weighted by atomic mass is 10.2. The van der Waals surface area contributed by atoms with Gasteiger partial charge in [0.15, 0.2) is 0 Å². The Morgan fingerprint density at radius 2 is 2.33 bits per heavy atom. The van der Waals surface area contributed by atoms with Crippen LogP contribution in [0.15, 0.2) is 46.1 Å². The fourth-order valence-electron chi connectivity index (χ4n) is 1.36. The first-order chi connectivity index (χ1) is 8.66. The predicted molar refractivity (Wildman–Crippen MR) is 72.4 cm³/mol. The topological polar surface area (TPSA) is 59.3 Å². The number of benzene rings is 1. The third kappa shape index (κ3) is 3.04. The number of nitrogens with zero attached hydrogens (tertiary/aromatic N) is 3. The molecule has 0 saturated carbocycles. The van der Waals surface area contributed by atoms with E-state index in [2.05, 4.69) is 31.6 Å². The van der Waals surface area contributed by atoms with Crippen molar-refractivity contribution in [2.24, 2.45) is 12.1 Å². The van der Waals surface area contributed by atoms with E-state index in [9.17, 15) is 4.79 Å². The Kier molecular flexibility index (Phi) is 3.88.